The Hall–Kier alpha value is -3.46. The molecule has 1 atom stereocenters. The Kier molecular flexibility index (Phi) is 6.86. The van der Waals surface area contributed by atoms with Gasteiger partial charge < -0.3 is 15.0 Å². The monoisotopic (exact) mass is 426 g/mol. The summed E-state index contributed by atoms with van der Waals surface area (Å²) in [6.45, 7) is 6.23. The molecule has 0 bridgehead atoms. The van der Waals surface area contributed by atoms with Crippen LogP contribution in [0.1, 0.15) is 22.8 Å². The molecule has 0 aliphatic carbocycles. The lowest BCUT2D eigenvalue weighted by Crippen LogP contribution is -2.53. The molecule has 1 amide bonds. The van der Waals surface area contributed by atoms with E-state index in [0.29, 0.717) is 17.8 Å². The standard InChI is InChI=1S/C22H26N4O5/c1-15-4-7-19(26(29)30)12-20(15)23-21(27)14-24-10-11-25(13-16(24)2)18-8-5-17(6-9-18)22(28)31-3/h4-9,12,16H,10-11,13-14H2,1-3H3,(H,23,27). The predicted octanol–water partition coefficient (Wildman–Crippen LogP) is 2.84. The third-order valence-electron chi connectivity index (χ3n) is 5.47. The van der Waals surface area contributed by atoms with Gasteiger partial charge in [-0.3, -0.25) is 19.8 Å². The van der Waals surface area contributed by atoms with Crippen LogP contribution in [0.5, 0.6) is 0 Å². The van der Waals surface area contributed by atoms with E-state index in [2.05, 4.69) is 22.0 Å². The van der Waals surface area contributed by atoms with Gasteiger partial charge in [0.25, 0.3) is 5.69 Å². The fourth-order valence-corrected chi connectivity index (χ4v) is 3.62. The van der Waals surface area contributed by atoms with Crippen LogP contribution in [-0.2, 0) is 9.53 Å². The summed E-state index contributed by atoms with van der Waals surface area (Å²) in [5.74, 6) is -0.568. The van der Waals surface area contributed by atoms with E-state index in [-0.39, 0.29) is 30.2 Å². The second kappa shape index (κ2) is 9.57. The van der Waals surface area contributed by atoms with Crippen molar-refractivity contribution in [3.05, 3.63) is 63.7 Å². The van der Waals surface area contributed by atoms with Crippen molar-refractivity contribution >= 4 is 28.9 Å². The zero-order valence-corrected chi connectivity index (χ0v) is 17.8. The number of anilines is 2. The first kappa shape index (κ1) is 22.2. The van der Waals surface area contributed by atoms with Crippen LogP contribution in [0.4, 0.5) is 17.1 Å². The van der Waals surface area contributed by atoms with Crippen molar-refractivity contribution in [3.8, 4) is 0 Å². The average molecular weight is 426 g/mol. The molecule has 0 saturated carbocycles. The largest absolute Gasteiger partial charge is 0.465 e. The predicted molar refractivity (Wildman–Crippen MR) is 117 cm³/mol. The van der Waals surface area contributed by atoms with Crippen molar-refractivity contribution in [2.24, 2.45) is 0 Å². The lowest BCUT2D eigenvalue weighted by atomic mass is 10.1. The van der Waals surface area contributed by atoms with Crippen molar-refractivity contribution in [2.75, 3.05) is 43.5 Å². The first-order valence-electron chi connectivity index (χ1n) is 10.0. The van der Waals surface area contributed by atoms with Crippen LogP contribution in [0.15, 0.2) is 42.5 Å². The van der Waals surface area contributed by atoms with Crippen molar-refractivity contribution < 1.29 is 19.2 Å². The molecule has 0 spiro atoms. The molecule has 164 valence electrons. The molecule has 1 N–H and O–H groups in total. The van der Waals surface area contributed by atoms with E-state index >= 15 is 0 Å². The molecule has 3 rings (SSSR count). The van der Waals surface area contributed by atoms with Crippen LogP contribution in [0.2, 0.25) is 0 Å². The number of aryl methyl sites for hydroxylation is 1. The minimum absolute atomic E-state index is 0.0545. The molecule has 2 aromatic carbocycles. The topological polar surface area (TPSA) is 105 Å². The van der Waals surface area contributed by atoms with E-state index in [4.69, 9.17) is 4.74 Å². The van der Waals surface area contributed by atoms with Crippen LogP contribution in [-0.4, -0.2) is 61.0 Å². The number of carbonyl (C=O) groups is 2. The SMILES string of the molecule is COC(=O)c1ccc(N2CCN(CC(=O)Nc3cc([N+](=O)[O-])ccc3C)C(C)C2)cc1. The zero-order valence-electron chi connectivity index (χ0n) is 17.8. The number of carbonyl (C=O) groups excluding carboxylic acids is 2. The smallest absolute Gasteiger partial charge is 0.337 e. The fraction of sp³-hybridized carbons (Fsp3) is 0.364. The number of hydrogen-bond donors (Lipinski definition) is 1. The number of non-ortho nitro benzene ring substituents is 1. The highest BCUT2D eigenvalue weighted by atomic mass is 16.6. The molecule has 2 aromatic rings. The average Bonchev–Trinajstić information content (AvgIpc) is 2.76. The number of nitrogens with one attached hydrogen (secondary N) is 1. The van der Waals surface area contributed by atoms with Crippen LogP contribution in [0.3, 0.4) is 0 Å². The molecule has 1 heterocycles. The normalized spacial score (nSPS) is 16.6. The summed E-state index contributed by atoms with van der Waals surface area (Å²) in [4.78, 5) is 39.0. The van der Waals surface area contributed by atoms with Gasteiger partial charge in [-0.25, -0.2) is 4.79 Å². The summed E-state index contributed by atoms with van der Waals surface area (Å²) < 4.78 is 4.73. The number of methoxy groups -OCH3 is 1. The van der Waals surface area contributed by atoms with E-state index in [0.717, 1.165) is 24.3 Å². The van der Waals surface area contributed by atoms with Gasteiger partial charge in [-0.15, -0.1) is 0 Å². The van der Waals surface area contributed by atoms with Crippen LogP contribution >= 0.6 is 0 Å². The van der Waals surface area contributed by atoms with Gasteiger partial charge in [0.05, 0.1) is 29.8 Å². The van der Waals surface area contributed by atoms with Crippen LogP contribution in [0.25, 0.3) is 0 Å². The number of nitro groups is 1. The Bertz CT molecular complexity index is 976. The molecule has 1 saturated heterocycles. The Morgan fingerprint density at radius 1 is 1.19 bits per heavy atom. The van der Waals surface area contributed by atoms with Crippen LogP contribution < -0.4 is 10.2 Å². The van der Waals surface area contributed by atoms with Gasteiger partial charge in [-0.2, -0.15) is 0 Å². The van der Waals surface area contributed by atoms with Gasteiger partial charge in [-0.1, -0.05) is 6.07 Å². The van der Waals surface area contributed by atoms with E-state index < -0.39 is 4.92 Å². The maximum atomic E-state index is 12.6. The minimum atomic E-state index is -0.478. The Morgan fingerprint density at radius 2 is 1.90 bits per heavy atom. The molecule has 9 heteroatoms. The molecule has 0 aromatic heterocycles. The molecule has 1 unspecified atom stereocenters. The number of piperazine rings is 1. The third-order valence-corrected chi connectivity index (χ3v) is 5.47. The lowest BCUT2D eigenvalue weighted by molar-refractivity contribution is -0.384. The molecular formula is C22H26N4O5. The summed E-state index contributed by atoms with van der Waals surface area (Å²) in [7, 11) is 1.35. The van der Waals surface area contributed by atoms with Gasteiger partial charge in [0.15, 0.2) is 0 Å². The van der Waals surface area contributed by atoms with Crippen LogP contribution in [0, 0.1) is 17.0 Å². The van der Waals surface area contributed by atoms with E-state index in [1.54, 1.807) is 25.1 Å². The van der Waals surface area contributed by atoms with Crippen molar-refractivity contribution in [1.29, 1.82) is 0 Å². The number of amides is 1. The molecule has 1 aliphatic rings. The summed E-state index contributed by atoms with van der Waals surface area (Å²) >= 11 is 0. The Balaban J connectivity index is 1.58. The highest BCUT2D eigenvalue weighted by Crippen LogP contribution is 2.23. The summed E-state index contributed by atoms with van der Waals surface area (Å²) in [5, 5.41) is 13.8. The van der Waals surface area contributed by atoms with Crippen molar-refractivity contribution in [2.45, 2.75) is 19.9 Å². The molecular weight excluding hydrogens is 400 g/mol. The molecule has 9 nitrogen and oxygen atoms in total. The van der Waals surface area contributed by atoms with Crippen molar-refractivity contribution in [3.63, 3.8) is 0 Å². The number of nitrogens with zero attached hydrogens (tertiary/aromatic N) is 3. The zero-order chi connectivity index (χ0) is 22.5. The number of hydrogen-bond acceptors (Lipinski definition) is 7. The van der Waals surface area contributed by atoms with Gasteiger partial charge >= 0.3 is 5.97 Å². The lowest BCUT2D eigenvalue weighted by Gasteiger charge is -2.40. The molecule has 1 fully saturated rings. The highest BCUT2D eigenvalue weighted by Gasteiger charge is 2.26. The maximum Gasteiger partial charge on any atom is 0.337 e. The first-order valence-corrected chi connectivity index (χ1v) is 10.0. The van der Waals surface area contributed by atoms with Crippen molar-refractivity contribution in [1.82, 2.24) is 4.90 Å². The second-order valence-electron chi connectivity index (χ2n) is 7.61. The fourth-order valence-electron chi connectivity index (χ4n) is 3.62. The number of esters is 1. The maximum absolute atomic E-state index is 12.6. The molecule has 31 heavy (non-hydrogen) atoms. The number of nitro benzene ring substituents is 1. The van der Waals surface area contributed by atoms with E-state index in [9.17, 15) is 19.7 Å². The first-order chi connectivity index (χ1) is 14.8. The second-order valence-corrected chi connectivity index (χ2v) is 7.61. The van der Waals surface area contributed by atoms with Gasteiger partial charge in [0, 0.05) is 43.5 Å². The minimum Gasteiger partial charge on any atom is -0.465 e. The number of ether oxygens (including phenoxy) is 1. The summed E-state index contributed by atoms with van der Waals surface area (Å²) in [6, 6.07) is 11.8. The summed E-state index contributed by atoms with van der Waals surface area (Å²) in [5.41, 5.74) is 2.69. The number of benzene rings is 2. The van der Waals surface area contributed by atoms with Gasteiger partial charge in [-0.05, 0) is 43.7 Å². The molecule has 1 aliphatic heterocycles. The number of rotatable bonds is 6. The Morgan fingerprint density at radius 3 is 2.52 bits per heavy atom. The van der Waals surface area contributed by atoms with E-state index in [1.807, 2.05) is 12.1 Å². The molecule has 0 radical (unpaired) electrons. The Labute approximate surface area is 180 Å². The summed E-state index contributed by atoms with van der Waals surface area (Å²) in [6.07, 6.45) is 0. The third kappa shape index (κ3) is 5.37. The van der Waals surface area contributed by atoms with Gasteiger partial charge in [0.1, 0.15) is 0 Å². The quantitative estimate of drug-likeness (QED) is 0.430. The highest BCUT2D eigenvalue weighted by molar-refractivity contribution is 5.93. The van der Waals surface area contributed by atoms with E-state index in [1.165, 1.54) is 19.2 Å². The van der Waals surface area contributed by atoms with Gasteiger partial charge in [0.2, 0.25) is 5.91 Å².